The van der Waals surface area contributed by atoms with E-state index in [1.165, 1.54) is 56.9 Å². The second-order valence-corrected chi connectivity index (χ2v) is 16.2. The summed E-state index contributed by atoms with van der Waals surface area (Å²) in [5.74, 6) is 4.38. The molecule has 0 aromatic heterocycles. The highest BCUT2D eigenvalue weighted by Crippen LogP contribution is 2.62. The van der Waals surface area contributed by atoms with E-state index in [4.69, 9.17) is 9.26 Å². The van der Waals surface area contributed by atoms with Crippen molar-refractivity contribution in [2.24, 2.45) is 17.8 Å². The van der Waals surface area contributed by atoms with Crippen molar-refractivity contribution in [3.63, 3.8) is 0 Å². The van der Waals surface area contributed by atoms with Crippen LogP contribution in [0.25, 0.3) is 0 Å². The molecule has 2 fully saturated rings. The lowest BCUT2D eigenvalue weighted by Crippen LogP contribution is -2.37. The molecule has 3 unspecified atom stereocenters. The van der Waals surface area contributed by atoms with Crippen LogP contribution in [0.3, 0.4) is 0 Å². The Morgan fingerprint density at radius 2 is 1.36 bits per heavy atom. The highest BCUT2D eigenvalue weighted by Gasteiger charge is 2.51. The Hall–Kier alpha value is -1.03. The van der Waals surface area contributed by atoms with Gasteiger partial charge in [-0.25, -0.2) is 13.9 Å². The van der Waals surface area contributed by atoms with Crippen molar-refractivity contribution in [2.75, 3.05) is 26.2 Å². The summed E-state index contributed by atoms with van der Waals surface area (Å²) < 4.78 is 31.0. The molecule has 4 rings (SSSR count). The van der Waals surface area contributed by atoms with Crippen LogP contribution >= 0.6 is 7.67 Å². The Bertz CT molecular complexity index is 1020. The zero-order chi connectivity index (χ0) is 28.4. The molecule has 0 N–H and O–H groups in total. The summed E-state index contributed by atoms with van der Waals surface area (Å²) in [5.41, 5.74) is 4.48. The summed E-state index contributed by atoms with van der Waals surface area (Å²) in [6.07, 6.45) is 13.9. The summed E-state index contributed by atoms with van der Waals surface area (Å²) in [5, 5.41) is 0. The summed E-state index contributed by atoms with van der Waals surface area (Å²) in [6.45, 7) is 21.7. The molecule has 0 bridgehead atoms. The number of hydrogen-bond acceptors (Lipinski definition) is 3. The van der Waals surface area contributed by atoms with E-state index >= 15 is 0 Å². The topological polar surface area (TPSA) is 41.5 Å². The first-order valence-electron chi connectivity index (χ1n) is 16.1. The van der Waals surface area contributed by atoms with Crippen molar-refractivity contribution in [1.82, 2.24) is 9.34 Å². The van der Waals surface area contributed by atoms with Gasteiger partial charge in [-0.3, -0.25) is 0 Å². The Morgan fingerprint density at radius 3 is 1.90 bits per heavy atom. The van der Waals surface area contributed by atoms with E-state index < -0.39 is 7.67 Å². The van der Waals surface area contributed by atoms with Crippen molar-refractivity contribution in [1.29, 1.82) is 0 Å². The minimum atomic E-state index is -2.92. The third-order valence-electron chi connectivity index (χ3n) is 9.61. The van der Waals surface area contributed by atoms with Crippen molar-refractivity contribution in [3.05, 3.63) is 22.3 Å². The standard InChI is InChI=1S/C33H57N2O3P/c1-24(2)12-9-13-25(3)14-10-15-26(4)16-11-18-33(8)19-17-30-29(7)31(27(5)28(6)32(30)37-33)38-39(36,34-20-21-34)35-22-23-35/h24-26H,9-23H2,1-8H3. The van der Waals surface area contributed by atoms with Gasteiger partial charge in [-0.2, -0.15) is 0 Å². The molecule has 5 nitrogen and oxygen atoms in total. The van der Waals surface area contributed by atoms with Gasteiger partial charge in [-0.1, -0.05) is 72.6 Å². The lowest BCUT2D eigenvalue weighted by atomic mass is 9.84. The Balaban J connectivity index is 1.28. The average Bonchev–Trinajstić information content (AvgIpc) is 3.77. The van der Waals surface area contributed by atoms with E-state index in [-0.39, 0.29) is 5.60 Å². The second kappa shape index (κ2) is 12.9. The summed E-state index contributed by atoms with van der Waals surface area (Å²) in [7, 11) is -2.92. The lowest BCUT2D eigenvalue weighted by Gasteiger charge is -2.39. The third kappa shape index (κ3) is 7.83. The number of benzene rings is 1. The molecule has 0 amide bonds. The smallest absolute Gasteiger partial charge is 0.395 e. The highest BCUT2D eigenvalue weighted by molar-refractivity contribution is 7.55. The van der Waals surface area contributed by atoms with Gasteiger partial charge < -0.3 is 9.26 Å². The van der Waals surface area contributed by atoms with Gasteiger partial charge in [0.2, 0.25) is 0 Å². The Labute approximate surface area is 240 Å². The third-order valence-corrected chi connectivity index (χ3v) is 12.3. The van der Waals surface area contributed by atoms with Crippen LogP contribution < -0.4 is 9.26 Å². The van der Waals surface area contributed by atoms with Gasteiger partial charge in [0.15, 0.2) is 0 Å². The normalized spacial score (nSPS) is 22.9. The maximum Gasteiger partial charge on any atom is 0.395 e. The van der Waals surface area contributed by atoms with Crippen LogP contribution in [0.5, 0.6) is 11.5 Å². The minimum absolute atomic E-state index is 0.113. The van der Waals surface area contributed by atoms with Crippen LogP contribution in [0, 0.1) is 38.5 Å². The number of ether oxygens (including phenoxy) is 1. The van der Waals surface area contributed by atoms with Gasteiger partial charge in [0, 0.05) is 31.7 Å². The predicted octanol–water partition coefficient (Wildman–Crippen LogP) is 9.25. The van der Waals surface area contributed by atoms with Crippen LogP contribution in [0.1, 0.15) is 121 Å². The molecule has 3 atom stereocenters. The second-order valence-electron chi connectivity index (χ2n) is 13.9. The zero-order valence-electron chi connectivity index (χ0n) is 26.4. The van der Waals surface area contributed by atoms with Gasteiger partial charge in [-0.05, 0) is 87.8 Å². The van der Waals surface area contributed by atoms with Crippen LogP contribution in [-0.4, -0.2) is 41.1 Å². The maximum absolute atomic E-state index is 13.7. The molecule has 2 saturated heterocycles. The van der Waals surface area contributed by atoms with Gasteiger partial charge in [0.25, 0.3) is 0 Å². The molecule has 1 aromatic carbocycles. The van der Waals surface area contributed by atoms with E-state index in [2.05, 4.69) is 55.4 Å². The molecule has 0 spiro atoms. The molecule has 0 aliphatic carbocycles. The van der Waals surface area contributed by atoms with Gasteiger partial charge in [0.05, 0.1) is 0 Å². The van der Waals surface area contributed by atoms with E-state index in [1.807, 2.05) is 9.34 Å². The van der Waals surface area contributed by atoms with Crippen molar-refractivity contribution >= 4 is 7.67 Å². The van der Waals surface area contributed by atoms with E-state index in [1.54, 1.807) is 0 Å². The van der Waals surface area contributed by atoms with Crippen LogP contribution in [0.2, 0.25) is 0 Å². The van der Waals surface area contributed by atoms with E-state index in [9.17, 15) is 4.57 Å². The van der Waals surface area contributed by atoms with Crippen LogP contribution in [0.4, 0.5) is 0 Å². The van der Waals surface area contributed by atoms with E-state index in [0.717, 1.165) is 91.4 Å². The Morgan fingerprint density at radius 1 is 0.821 bits per heavy atom. The maximum atomic E-state index is 13.7. The predicted molar refractivity (Wildman–Crippen MR) is 164 cm³/mol. The fourth-order valence-corrected chi connectivity index (χ4v) is 8.70. The molecule has 1 aromatic rings. The van der Waals surface area contributed by atoms with Gasteiger partial charge in [0.1, 0.15) is 17.1 Å². The first-order valence-corrected chi connectivity index (χ1v) is 17.6. The minimum Gasteiger partial charge on any atom is -0.487 e. The molecule has 3 aliphatic heterocycles. The highest BCUT2D eigenvalue weighted by atomic mass is 31.2. The molecular weight excluding hydrogens is 503 g/mol. The first kappa shape index (κ1) is 30.9. The molecule has 3 aliphatic rings. The first-order chi connectivity index (χ1) is 18.4. The lowest BCUT2D eigenvalue weighted by molar-refractivity contribution is 0.0512. The largest absolute Gasteiger partial charge is 0.487 e. The van der Waals surface area contributed by atoms with Crippen molar-refractivity contribution < 1.29 is 13.8 Å². The molecule has 0 radical (unpaired) electrons. The Kier molecular flexibility index (Phi) is 10.2. The zero-order valence-corrected chi connectivity index (χ0v) is 27.3. The van der Waals surface area contributed by atoms with Crippen LogP contribution in [-0.2, 0) is 11.0 Å². The molecule has 0 saturated carbocycles. The fourth-order valence-electron chi connectivity index (χ4n) is 6.41. The molecular formula is C33H57N2O3P. The van der Waals surface area contributed by atoms with E-state index in [0.29, 0.717) is 0 Å². The number of nitrogens with zero attached hydrogens (tertiary/aromatic N) is 2. The molecule has 222 valence electrons. The van der Waals surface area contributed by atoms with Gasteiger partial charge >= 0.3 is 7.67 Å². The van der Waals surface area contributed by atoms with Crippen molar-refractivity contribution in [2.45, 2.75) is 132 Å². The molecule has 6 heteroatoms. The molecule has 3 heterocycles. The quantitative estimate of drug-likeness (QED) is 0.149. The number of rotatable bonds is 16. The molecule has 39 heavy (non-hydrogen) atoms. The summed E-state index contributed by atoms with van der Waals surface area (Å²) in [6, 6.07) is 0. The monoisotopic (exact) mass is 560 g/mol. The van der Waals surface area contributed by atoms with Crippen molar-refractivity contribution in [3.8, 4) is 11.5 Å². The van der Waals surface area contributed by atoms with Gasteiger partial charge in [-0.15, -0.1) is 0 Å². The summed E-state index contributed by atoms with van der Waals surface area (Å²) in [4.78, 5) is 0. The average molecular weight is 561 g/mol. The fraction of sp³-hybridized carbons (Fsp3) is 0.818. The number of fused-ring (bicyclic) bond motifs is 1. The SMILES string of the molecule is Cc1c(C)c2c(c(C)c1OP(=O)(N1CC1)N1CC1)CCC(C)(CCCC(C)CCCC(C)CCCC(C)C)O2. The summed E-state index contributed by atoms with van der Waals surface area (Å²) >= 11 is 0. The number of hydrogen-bond donors (Lipinski definition) is 0. The van der Waals surface area contributed by atoms with Crippen LogP contribution in [0.15, 0.2) is 0 Å².